The Bertz CT molecular complexity index is 608. The van der Waals surface area contributed by atoms with Gasteiger partial charge >= 0.3 is 12.5 Å². The lowest BCUT2D eigenvalue weighted by atomic mass is 9.96. The Balaban J connectivity index is 2.03. The van der Waals surface area contributed by atoms with Gasteiger partial charge in [0.1, 0.15) is 11.4 Å². The van der Waals surface area contributed by atoms with Crippen LogP contribution in [0.5, 0.6) is 5.75 Å². The predicted octanol–water partition coefficient (Wildman–Crippen LogP) is 4.62. The molecular weight excluding hydrogens is 323 g/mol. The van der Waals surface area contributed by atoms with Crippen LogP contribution in [-0.2, 0) is 4.74 Å². The lowest BCUT2D eigenvalue weighted by Crippen LogP contribution is -2.35. The number of rotatable bonds is 2. The number of halogens is 3. The molecule has 2 rings (SSSR count). The number of alkyl halides is 3. The zero-order chi connectivity index (χ0) is 18.1. The van der Waals surface area contributed by atoms with E-state index in [4.69, 9.17) is 4.74 Å². The molecule has 0 radical (unpaired) electrons. The number of nitrogens with zero attached hydrogens (tertiary/aromatic N) is 1. The van der Waals surface area contributed by atoms with Crippen LogP contribution in [0.1, 0.15) is 44.2 Å². The van der Waals surface area contributed by atoms with Crippen LogP contribution in [0, 0.1) is 6.92 Å². The minimum atomic E-state index is -4.70. The summed E-state index contributed by atoms with van der Waals surface area (Å²) >= 11 is 0. The van der Waals surface area contributed by atoms with Crippen LogP contribution < -0.4 is 4.74 Å². The second kappa shape index (κ2) is 6.53. The van der Waals surface area contributed by atoms with Crippen LogP contribution >= 0.6 is 0 Å². The summed E-state index contributed by atoms with van der Waals surface area (Å²) in [5.74, 6) is -0.121. The average Bonchev–Trinajstić information content (AvgIpc) is 2.87. The molecule has 1 aliphatic heterocycles. The summed E-state index contributed by atoms with van der Waals surface area (Å²) in [4.78, 5) is 13.7. The van der Waals surface area contributed by atoms with Crippen LogP contribution in [0.4, 0.5) is 18.0 Å². The summed E-state index contributed by atoms with van der Waals surface area (Å²) in [6.07, 6.45) is -4.32. The van der Waals surface area contributed by atoms with Crippen LogP contribution in [0.25, 0.3) is 0 Å². The monoisotopic (exact) mass is 345 g/mol. The summed E-state index contributed by atoms with van der Waals surface area (Å²) in [7, 11) is 0. The Morgan fingerprint density at radius 1 is 1.25 bits per heavy atom. The van der Waals surface area contributed by atoms with E-state index in [1.54, 1.807) is 44.7 Å². The fourth-order valence-electron chi connectivity index (χ4n) is 2.69. The van der Waals surface area contributed by atoms with Crippen molar-refractivity contribution >= 4 is 6.09 Å². The second-order valence-corrected chi connectivity index (χ2v) is 6.98. The molecule has 1 aromatic rings. The largest absolute Gasteiger partial charge is 0.573 e. The van der Waals surface area contributed by atoms with Gasteiger partial charge in [-0.2, -0.15) is 0 Å². The van der Waals surface area contributed by atoms with Gasteiger partial charge in [-0.05, 0) is 51.3 Å². The highest BCUT2D eigenvalue weighted by atomic mass is 19.4. The molecule has 1 fully saturated rings. The Hall–Kier alpha value is -1.92. The number of hydrogen-bond acceptors (Lipinski definition) is 3. The van der Waals surface area contributed by atoms with Crippen LogP contribution in [-0.4, -0.2) is 36.0 Å². The standard InChI is InChI=1S/C17H22F3NO3/c1-11-9-12(5-6-14(11)23-17(18,19)20)13-7-8-21(10-13)15(22)24-16(2,3)4/h5-6,9,13H,7-8,10H2,1-4H3. The van der Waals surface area contributed by atoms with Gasteiger partial charge in [-0.25, -0.2) is 4.79 Å². The maximum Gasteiger partial charge on any atom is 0.573 e. The number of amides is 1. The molecule has 1 saturated heterocycles. The first-order valence-electron chi connectivity index (χ1n) is 7.79. The fourth-order valence-corrected chi connectivity index (χ4v) is 2.69. The molecule has 0 bridgehead atoms. The van der Waals surface area contributed by atoms with E-state index < -0.39 is 12.0 Å². The van der Waals surface area contributed by atoms with Gasteiger partial charge in [0.15, 0.2) is 0 Å². The summed E-state index contributed by atoms with van der Waals surface area (Å²) in [5, 5.41) is 0. The number of aryl methyl sites for hydroxylation is 1. The van der Waals surface area contributed by atoms with E-state index >= 15 is 0 Å². The van der Waals surface area contributed by atoms with Crippen molar-refractivity contribution in [3.63, 3.8) is 0 Å². The molecule has 1 atom stereocenters. The number of hydrogen-bond donors (Lipinski definition) is 0. The van der Waals surface area contributed by atoms with Gasteiger partial charge in [0.05, 0.1) is 0 Å². The lowest BCUT2D eigenvalue weighted by Gasteiger charge is -2.24. The highest BCUT2D eigenvalue weighted by Gasteiger charge is 2.33. The lowest BCUT2D eigenvalue weighted by molar-refractivity contribution is -0.274. The molecule has 1 unspecified atom stereocenters. The molecule has 0 N–H and O–H groups in total. The summed E-state index contributed by atoms with van der Waals surface area (Å²) < 4.78 is 46.3. The maximum absolute atomic E-state index is 12.3. The topological polar surface area (TPSA) is 38.8 Å². The molecule has 7 heteroatoms. The first kappa shape index (κ1) is 18.4. The van der Waals surface area contributed by atoms with Gasteiger partial charge < -0.3 is 14.4 Å². The Labute approximate surface area is 139 Å². The van der Waals surface area contributed by atoms with Crippen molar-refractivity contribution in [3.8, 4) is 5.75 Å². The Morgan fingerprint density at radius 2 is 1.92 bits per heavy atom. The van der Waals surface area contributed by atoms with E-state index in [1.807, 2.05) is 0 Å². The molecule has 1 aromatic carbocycles. The van der Waals surface area contributed by atoms with Crippen molar-refractivity contribution < 1.29 is 27.4 Å². The Kier molecular flexibility index (Phi) is 5.01. The highest BCUT2D eigenvalue weighted by Crippen LogP contribution is 2.33. The van der Waals surface area contributed by atoms with Crippen molar-refractivity contribution in [2.75, 3.05) is 13.1 Å². The molecule has 4 nitrogen and oxygen atoms in total. The zero-order valence-corrected chi connectivity index (χ0v) is 14.2. The van der Waals surface area contributed by atoms with Crippen molar-refractivity contribution in [2.45, 2.75) is 52.0 Å². The van der Waals surface area contributed by atoms with E-state index in [2.05, 4.69) is 4.74 Å². The van der Waals surface area contributed by atoms with E-state index in [0.29, 0.717) is 18.7 Å². The van der Waals surface area contributed by atoms with E-state index in [-0.39, 0.29) is 17.8 Å². The summed E-state index contributed by atoms with van der Waals surface area (Å²) in [6.45, 7) is 8.06. The third kappa shape index (κ3) is 5.04. The number of likely N-dealkylation sites (tertiary alicyclic amines) is 1. The molecule has 24 heavy (non-hydrogen) atoms. The van der Waals surface area contributed by atoms with Gasteiger partial charge in [0.25, 0.3) is 0 Å². The van der Waals surface area contributed by atoms with Gasteiger partial charge in [0, 0.05) is 19.0 Å². The molecule has 0 saturated carbocycles. The molecule has 0 aromatic heterocycles. The van der Waals surface area contributed by atoms with E-state index in [1.165, 1.54) is 6.07 Å². The Morgan fingerprint density at radius 3 is 2.46 bits per heavy atom. The number of carbonyl (C=O) groups is 1. The molecule has 134 valence electrons. The average molecular weight is 345 g/mol. The van der Waals surface area contributed by atoms with Gasteiger partial charge in [-0.1, -0.05) is 12.1 Å². The van der Waals surface area contributed by atoms with Crippen molar-refractivity contribution in [2.24, 2.45) is 0 Å². The van der Waals surface area contributed by atoms with Crippen molar-refractivity contribution in [1.82, 2.24) is 4.90 Å². The van der Waals surface area contributed by atoms with Gasteiger partial charge in [-0.3, -0.25) is 0 Å². The van der Waals surface area contributed by atoms with Crippen LogP contribution in [0.3, 0.4) is 0 Å². The second-order valence-electron chi connectivity index (χ2n) is 6.98. The molecular formula is C17H22F3NO3. The summed E-state index contributed by atoms with van der Waals surface area (Å²) in [5.41, 5.74) is 0.760. The van der Waals surface area contributed by atoms with Crippen LogP contribution in [0.2, 0.25) is 0 Å². The molecule has 0 aliphatic carbocycles. The van der Waals surface area contributed by atoms with Crippen molar-refractivity contribution in [1.29, 1.82) is 0 Å². The molecule has 0 spiro atoms. The number of benzene rings is 1. The fraction of sp³-hybridized carbons (Fsp3) is 0.588. The quantitative estimate of drug-likeness (QED) is 0.785. The first-order chi connectivity index (χ1) is 10.9. The number of carbonyl (C=O) groups excluding carboxylic acids is 1. The maximum atomic E-state index is 12.3. The molecule has 1 heterocycles. The molecule has 1 aliphatic rings. The minimum Gasteiger partial charge on any atom is -0.444 e. The van der Waals surface area contributed by atoms with E-state index in [9.17, 15) is 18.0 Å². The third-order valence-corrected chi connectivity index (χ3v) is 3.74. The van der Waals surface area contributed by atoms with Crippen LogP contribution in [0.15, 0.2) is 18.2 Å². The normalized spacial score (nSPS) is 18.6. The predicted molar refractivity (Wildman–Crippen MR) is 83.0 cm³/mol. The number of ether oxygens (including phenoxy) is 2. The van der Waals surface area contributed by atoms with E-state index in [0.717, 1.165) is 12.0 Å². The third-order valence-electron chi connectivity index (χ3n) is 3.74. The smallest absolute Gasteiger partial charge is 0.444 e. The minimum absolute atomic E-state index is 0.0798. The summed E-state index contributed by atoms with van der Waals surface area (Å²) in [6, 6.07) is 4.63. The highest BCUT2D eigenvalue weighted by molar-refractivity contribution is 5.68. The SMILES string of the molecule is Cc1cc(C2CCN(C(=O)OC(C)(C)C)C2)ccc1OC(F)(F)F. The van der Waals surface area contributed by atoms with Crippen molar-refractivity contribution in [3.05, 3.63) is 29.3 Å². The zero-order valence-electron chi connectivity index (χ0n) is 14.2. The van der Waals surface area contributed by atoms with Gasteiger partial charge in [-0.15, -0.1) is 13.2 Å². The molecule has 1 amide bonds. The van der Waals surface area contributed by atoms with Gasteiger partial charge in [0.2, 0.25) is 0 Å². The first-order valence-corrected chi connectivity index (χ1v) is 7.79.